The van der Waals surface area contributed by atoms with Crippen LogP contribution in [0.4, 0.5) is 0 Å². The summed E-state index contributed by atoms with van der Waals surface area (Å²) in [5.74, 6) is 0.191. The van der Waals surface area contributed by atoms with Gasteiger partial charge in [0.1, 0.15) is 5.75 Å². The smallest absolute Gasteiger partial charge is 0.224 e. The number of nitrogens with one attached hydrogen (secondary N) is 2. The number of phenolic OH excluding ortho intramolecular Hbond substituents is 1. The van der Waals surface area contributed by atoms with Gasteiger partial charge in [-0.2, -0.15) is 0 Å². The Labute approximate surface area is 106 Å². The first-order valence-corrected chi connectivity index (χ1v) is 6.10. The van der Waals surface area contributed by atoms with E-state index in [1.54, 1.807) is 24.3 Å². The molecule has 0 saturated carbocycles. The maximum atomic E-state index is 11.7. The molecule has 1 aliphatic heterocycles. The van der Waals surface area contributed by atoms with E-state index in [2.05, 4.69) is 10.6 Å². The van der Waals surface area contributed by atoms with Gasteiger partial charge in [-0.1, -0.05) is 12.1 Å². The Morgan fingerprint density at radius 3 is 2.89 bits per heavy atom. The molecule has 0 aromatic heterocycles. The number of carbonyl (C=O) groups excluding carboxylic acids is 1. The number of amides is 1. The molecule has 5 nitrogen and oxygen atoms in total. The van der Waals surface area contributed by atoms with Crippen molar-refractivity contribution in [2.45, 2.75) is 12.5 Å². The lowest BCUT2D eigenvalue weighted by Gasteiger charge is -2.23. The topological polar surface area (TPSA) is 70.6 Å². The van der Waals surface area contributed by atoms with Crippen molar-refractivity contribution in [3.8, 4) is 5.75 Å². The summed E-state index contributed by atoms with van der Waals surface area (Å²) in [6.45, 7) is 2.78. The normalized spacial score (nSPS) is 19.4. The zero-order valence-corrected chi connectivity index (χ0v) is 10.2. The fourth-order valence-electron chi connectivity index (χ4n) is 1.85. The maximum absolute atomic E-state index is 11.7. The van der Waals surface area contributed by atoms with Gasteiger partial charge in [-0.15, -0.1) is 0 Å². The molecule has 1 saturated heterocycles. The summed E-state index contributed by atoms with van der Waals surface area (Å²) in [5, 5.41) is 15.3. The monoisotopic (exact) mass is 250 g/mol. The number of benzene rings is 1. The predicted octanol–water partition coefficient (Wildman–Crippen LogP) is 0.0393. The molecule has 1 unspecified atom stereocenters. The highest BCUT2D eigenvalue weighted by atomic mass is 16.5. The summed E-state index contributed by atoms with van der Waals surface area (Å²) in [5.41, 5.74) is 0.887. The van der Waals surface area contributed by atoms with Crippen molar-refractivity contribution < 1.29 is 14.6 Å². The standard InChI is InChI=1S/C13H18N2O3/c16-12-3-1-10(2-4-12)7-13(17)15-8-11-9-18-6-5-14-11/h1-4,11,14,16H,5-9H2,(H,15,17). The molecular formula is C13H18N2O3. The van der Waals surface area contributed by atoms with Crippen molar-refractivity contribution >= 4 is 5.91 Å². The average Bonchev–Trinajstić information content (AvgIpc) is 2.40. The second kappa shape index (κ2) is 6.37. The summed E-state index contributed by atoms with van der Waals surface area (Å²) >= 11 is 0. The molecule has 2 rings (SSSR count). The fraction of sp³-hybridized carbons (Fsp3) is 0.462. The third kappa shape index (κ3) is 4.01. The SMILES string of the molecule is O=C(Cc1ccc(O)cc1)NCC1COCCN1. The second-order valence-electron chi connectivity index (χ2n) is 4.37. The molecule has 1 fully saturated rings. The van der Waals surface area contributed by atoms with Crippen molar-refractivity contribution in [2.24, 2.45) is 0 Å². The van der Waals surface area contributed by atoms with Crippen molar-refractivity contribution in [1.82, 2.24) is 10.6 Å². The number of carbonyl (C=O) groups is 1. The van der Waals surface area contributed by atoms with E-state index in [9.17, 15) is 4.79 Å². The number of hydrogen-bond donors (Lipinski definition) is 3. The number of ether oxygens (including phenoxy) is 1. The van der Waals surface area contributed by atoms with Gasteiger partial charge < -0.3 is 20.5 Å². The Balaban J connectivity index is 1.73. The van der Waals surface area contributed by atoms with Crippen LogP contribution in [0.2, 0.25) is 0 Å². The summed E-state index contributed by atoms with van der Waals surface area (Å²) in [7, 11) is 0. The van der Waals surface area contributed by atoms with E-state index < -0.39 is 0 Å². The minimum atomic E-state index is -0.0203. The largest absolute Gasteiger partial charge is 0.508 e. The van der Waals surface area contributed by atoms with Gasteiger partial charge in [0.05, 0.1) is 19.6 Å². The molecule has 98 valence electrons. The lowest BCUT2D eigenvalue weighted by Crippen LogP contribution is -2.48. The van der Waals surface area contributed by atoms with E-state index in [0.717, 1.165) is 18.7 Å². The van der Waals surface area contributed by atoms with E-state index in [-0.39, 0.29) is 17.7 Å². The molecule has 0 bridgehead atoms. The molecule has 0 spiro atoms. The Morgan fingerprint density at radius 1 is 1.44 bits per heavy atom. The second-order valence-corrected chi connectivity index (χ2v) is 4.37. The van der Waals surface area contributed by atoms with Crippen molar-refractivity contribution in [2.75, 3.05) is 26.3 Å². The van der Waals surface area contributed by atoms with Crippen LogP contribution in [0, 0.1) is 0 Å². The predicted molar refractivity (Wildman–Crippen MR) is 67.4 cm³/mol. The number of hydrogen-bond acceptors (Lipinski definition) is 4. The summed E-state index contributed by atoms with van der Waals surface area (Å²) < 4.78 is 5.30. The molecule has 1 aromatic rings. The van der Waals surface area contributed by atoms with Gasteiger partial charge in [0, 0.05) is 19.1 Å². The lowest BCUT2D eigenvalue weighted by molar-refractivity contribution is -0.120. The molecule has 1 atom stereocenters. The van der Waals surface area contributed by atoms with E-state index in [1.807, 2.05) is 0 Å². The first-order chi connectivity index (χ1) is 8.74. The third-order valence-corrected chi connectivity index (χ3v) is 2.85. The molecule has 1 aromatic carbocycles. The number of phenols is 1. The first-order valence-electron chi connectivity index (χ1n) is 6.10. The molecule has 1 heterocycles. The molecular weight excluding hydrogens is 232 g/mol. The molecule has 3 N–H and O–H groups in total. The van der Waals surface area contributed by atoms with E-state index >= 15 is 0 Å². The average molecular weight is 250 g/mol. The summed E-state index contributed by atoms with van der Waals surface area (Å²) in [4.78, 5) is 11.7. The molecule has 0 aliphatic carbocycles. The fourth-order valence-corrected chi connectivity index (χ4v) is 1.85. The van der Waals surface area contributed by atoms with Gasteiger partial charge >= 0.3 is 0 Å². The van der Waals surface area contributed by atoms with Gasteiger partial charge in [-0.05, 0) is 17.7 Å². The van der Waals surface area contributed by atoms with Crippen molar-refractivity contribution in [1.29, 1.82) is 0 Å². The van der Waals surface area contributed by atoms with Crippen molar-refractivity contribution in [3.63, 3.8) is 0 Å². The molecule has 0 radical (unpaired) electrons. The van der Waals surface area contributed by atoms with Crippen LogP contribution in [0.25, 0.3) is 0 Å². The van der Waals surface area contributed by atoms with Gasteiger partial charge in [-0.25, -0.2) is 0 Å². The van der Waals surface area contributed by atoms with Crippen LogP contribution in [-0.4, -0.2) is 43.4 Å². The molecule has 5 heteroatoms. The lowest BCUT2D eigenvalue weighted by atomic mass is 10.1. The third-order valence-electron chi connectivity index (χ3n) is 2.85. The Bertz CT molecular complexity index is 386. The van der Waals surface area contributed by atoms with Crippen LogP contribution >= 0.6 is 0 Å². The zero-order valence-electron chi connectivity index (χ0n) is 10.2. The quantitative estimate of drug-likeness (QED) is 0.705. The van der Waals surface area contributed by atoms with E-state index in [4.69, 9.17) is 9.84 Å². The number of rotatable bonds is 4. The Kier molecular flexibility index (Phi) is 4.55. The summed E-state index contributed by atoms with van der Waals surface area (Å²) in [6, 6.07) is 6.86. The van der Waals surface area contributed by atoms with Crippen LogP contribution in [0.3, 0.4) is 0 Å². The Morgan fingerprint density at radius 2 is 2.22 bits per heavy atom. The first kappa shape index (κ1) is 12.9. The minimum absolute atomic E-state index is 0.0203. The van der Waals surface area contributed by atoms with Gasteiger partial charge in [0.25, 0.3) is 0 Å². The maximum Gasteiger partial charge on any atom is 0.224 e. The van der Waals surface area contributed by atoms with Crippen LogP contribution in [0.15, 0.2) is 24.3 Å². The number of aromatic hydroxyl groups is 1. The summed E-state index contributed by atoms with van der Waals surface area (Å²) in [6.07, 6.45) is 0.327. The van der Waals surface area contributed by atoms with E-state index in [0.29, 0.717) is 19.6 Å². The van der Waals surface area contributed by atoms with Crippen molar-refractivity contribution in [3.05, 3.63) is 29.8 Å². The minimum Gasteiger partial charge on any atom is -0.508 e. The van der Waals surface area contributed by atoms with Gasteiger partial charge in [0.2, 0.25) is 5.91 Å². The Hall–Kier alpha value is -1.59. The highest BCUT2D eigenvalue weighted by Gasteiger charge is 2.13. The van der Waals surface area contributed by atoms with Crippen LogP contribution < -0.4 is 10.6 Å². The highest BCUT2D eigenvalue weighted by Crippen LogP contribution is 2.09. The van der Waals surface area contributed by atoms with Gasteiger partial charge in [0.15, 0.2) is 0 Å². The molecule has 1 amide bonds. The zero-order chi connectivity index (χ0) is 12.8. The molecule has 1 aliphatic rings. The van der Waals surface area contributed by atoms with Crippen LogP contribution in [0.5, 0.6) is 5.75 Å². The van der Waals surface area contributed by atoms with Crippen LogP contribution in [0.1, 0.15) is 5.56 Å². The number of morpholine rings is 1. The molecule has 18 heavy (non-hydrogen) atoms. The van der Waals surface area contributed by atoms with Crippen LogP contribution in [-0.2, 0) is 16.0 Å². The van der Waals surface area contributed by atoms with E-state index in [1.165, 1.54) is 0 Å². The van der Waals surface area contributed by atoms with Gasteiger partial charge in [-0.3, -0.25) is 4.79 Å². The highest BCUT2D eigenvalue weighted by molar-refractivity contribution is 5.78.